The highest BCUT2D eigenvalue weighted by Gasteiger charge is 2.42. The highest BCUT2D eigenvalue weighted by molar-refractivity contribution is 7.51. The van der Waals surface area contributed by atoms with Crippen LogP contribution < -0.4 is 0 Å². The quantitative estimate of drug-likeness (QED) is 0.612. The lowest BCUT2D eigenvalue weighted by Gasteiger charge is -2.33. The Morgan fingerprint density at radius 2 is 1.73 bits per heavy atom. The van der Waals surface area contributed by atoms with Gasteiger partial charge >= 0.3 is 13.6 Å². The predicted octanol–water partition coefficient (Wildman–Crippen LogP) is 1.69. The van der Waals surface area contributed by atoms with E-state index in [1.807, 2.05) is 0 Å². The Morgan fingerprint density at radius 1 is 1.33 bits per heavy atom. The number of hydrogen-bond acceptors (Lipinski definition) is 2. The molecule has 0 saturated heterocycles. The maximum Gasteiger partial charge on any atom is 0.325 e. The second-order valence-corrected chi connectivity index (χ2v) is 5.61. The average Bonchev–Trinajstić information content (AvgIpc) is 2.03. The Morgan fingerprint density at radius 3 is 1.93 bits per heavy atom. The van der Waals surface area contributed by atoms with Gasteiger partial charge in [-0.15, -0.1) is 0 Å². The largest absolute Gasteiger partial charge is 0.481 e. The van der Waals surface area contributed by atoms with E-state index < -0.39 is 24.9 Å². The molecular weight excluding hydrogens is 219 g/mol. The van der Waals surface area contributed by atoms with Crippen LogP contribution >= 0.6 is 7.60 Å². The highest BCUT2D eigenvalue weighted by atomic mass is 31.2. The molecule has 1 unspecified atom stereocenters. The van der Waals surface area contributed by atoms with Gasteiger partial charge in [0.1, 0.15) is 0 Å². The lowest BCUT2D eigenvalue weighted by molar-refractivity contribution is -0.152. The maximum atomic E-state index is 11.2. The van der Waals surface area contributed by atoms with Crippen molar-refractivity contribution in [3.63, 3.8) is 0 Å². The van der Waals surface area contributed by atoms with Crippen molar-refractivity contribution in [3.05, 3.63) is 0 Å². The summed E-state index contributed by atoms with van der Waals surface area (Å²) in [5, 5.41) is 9.14. The van der Waals surface area contributed by atoms with Gasteiger partial charge in [0.15, 0.2) is 0 Å². The Hall–Kier alpha value is -0.380. The third kappa shape index (κ3) is 3.59. The van der Waals surface area contributed by atoms with Gasteiger partial charge in [0.05, 0.1) is 11.6 Å². The van der Waals surface area contributed by atoms with Crippen LogP contribution in [0, 0.1) is 11.3 Å². The van der Waals surface area contributed by atoms with Crippen LogP contribution in [0.4, 0.5) is 0 Å². The number of carbonyl (C=O) groups is 1. The minimum atomic E-state index is -4.15. The third-order valence-corrected chi connectivity index (χ3v) is 4.17. The average molecular weight is 238 g/mol. The topological polar surface area (TPSA) is 94.8 Å². The van der Waals surface area contributed by atoms with Crippen LogP contribution in [0.2, 0.25) is 0 Å². The van der Waals surface area contributed by atoms with Crippen molar-refractivity contribution in [3.8, 4) is 0 Å². The number of rotatable bonds is 6. The van der Waals surface area contributed by atoms with Gasteiger partial charge in [-0.2, -0.15) is 0 Å². The van der Waals surface area contributed by atoms with Crippen molar-refractivity contribution in [1.29, 1.82) is 0 Å². The first-order chi connectivity index (χ1) is 6.69. The van der Waals surface area contributed by atoms with Crippen LogP contribution in [-0.2, 0) is 9.36 Å². The van der Waals surface area contributed by atoms with Crippen molar-refractivity contribution in [2.75, 3.05) is 6.16 Å². The molecule has 0 aromatic rings. The second kappa shape index (κ2) is 5.10. The van der Waals surface area contributed by atoms with Crippen LogP contribution in [0.3, 0.4) is 0 Å². The summed E-state index contributed by atoms with van der Waals surface area (Å²) in [4.78, 5) is 28.8. The molecule has 90 valence electrons. The Kier molecular flexibility index (Phi) is 4.97. The normalized spacial score (nSPS) is 15.0. The van der Waals surface area contributed by atoms with E-state index in [1.54, 1.807) is 20.8 Å². The first-order valence-electron chi connectivity index (χ1n) is 4.97. The first kappa shape index (κ1) is 14.6. The maximum absolute atomic E-state index is 11.2. The molecule has 0 aromatic carbocycles. The molecule has 0 fully saturated rings. The molecule has 0 aliphatic rings. The molecule has 6 heteroatoms. The fraction of sp³-hybridized carbons (Fsp3) is 0.889. The first-order valence-corrected chi connectivity index (χ1v) is 6.77. The minimum absolute atomic E-state index is 0.374. The number of carboxylic acids is 1. The smallest absolute Gasteiger partial charge is 0.325 e. The van der Waals surface area contributed by atoms with Crippen molar-refractivity contribution < 1.29 is 24.3 Å². The van der Waals surface area contributed by atoms with Gasteiger partial charge in [0.25, 0.3) is 0 Å². The van der Waals surface area contributed by atoms with Crippen molar-refractivity contribution in [2.24, 2.45) is 11.3 Å². The zero-order valence-corrected chi connectivity index (χ0v) is 10.2. The minimum Gasteiger partial charge on any atom is -0.481 e. The summed E-state index contributed by atoms with van der Waals surface area (Å²) in [6.07, 6.45) is 0.376. The molecule has 0 radical (unpaired) electrons. The summed E-state index contributed by atoms with van der Waals surface area (Å²) in [6.45, 7) is 5.04. The molecule has 0 saturated carbocycles. The van der Waals surface area contributed by atoms with Gasteiger partial charge in [0.2, 0.25) is 0 Å². The molecular formula is C9H19O5P. The molecule has 0 aromatic heterocycles. The second-order valence-electron chi connectivity index (χ2n) is 3.92. The van der Waals surface area contributed by atoms with Crippen molar-refractivity contribution in [2.45, 2.75) is 33.6 Å². The molecule has 0 aliphatic carbocycles. The van der Waals surface area contributed by atoms with Gasteiger partial charge in [-0.1, -0.05) is 20.8 Å². The molecule has 0 heterocycles. The lowest BCUT2D eigenvalue weighted by Crippen LogP contribution is -2.38. The molecule has 5 nitrogen and oxygen atoms in total. The standard InChI is InChI=1S/C9H19O5P/c1-4-9(5-2,8(10)11)7(3)6-15(12,13)14/h7H,4-6H2,1-3H3,(H,10,11)(H2,12,13,14). The molecule has 0 aliphatic heterocycles. The molecule has 0 bridgehead atoms. The van der Waals surface area contributed by atoms with Crippen molar-refractivity contribution in [1.82, 2.24) is 0 Å². The number of hydrogen-bond donors (Lipinski definition) is 3. The fourth-order valence-corrected chi connectivity index (χ4v) is 3.05. The monoisotopic (exact) mass is 238 g/mol. The van der Waals surface area contributed by atoms with Crippen LogP contribution in [-0.4, -0.2) is 27.0 Å². The third-order valence-electron chi connectivity index (χ3n) is 3.14. The zero-order chi connectivity index (χ0) is 12.3. The summed E-state index contributed by atoms with van der Waals surface area (Å²) in [6, 6.07) is 0. The van der Waals surface area contributed by atoms with Crippen LogP contribution in [0.25, 0.3) is 0 Å². The molecule has 0 spiro atoms. The van der Waals surface area contributed by atoms with Crippen LogP contribution in [0.1, 0.15) is 33.6 Å². The number of carboxylic acid groups (broad SMARTS) is 1. The summed E-state index contributed by atoms with van der Waals surface area (Å²) in [5.74, 6) is -1.51. The SMILES string of the molecule is CCC(CC)(C(=O)O)C(C)CP(=O)(O)O. The summed E-state index contributed by atoms with van der Waals surface area (Å²) in [7, 11) is -4.15. The zero-order valence-electron chi connectivity index (χ0n) is 9.30. The van der Waals surface area contributed by atoms with Crippen LogP contribution in [0.5, 0.6) is 0 Å². The fourth-order valence-electron chi connectivity index (χ4n) is 1.99. The Labute approximate surface area is 89.7 Å². The summed E-state index contributed by atoms with van der Waals surface area (Å²) in [5.41, 5.74) is -1.03. The van der Waals surface area contributed by atoms with E-state index in [4.69, 9.17) is 14.9 Å². The van der Waals surface area contributed by atoms with E-state index >= 15 is 0 Å². The highest BCUT2D eigenvalue weighted by Crippen LogP contribution is 2.45. The molecule has 1 atom stereocenters. The van der Waals surface area contributed by atoms with Crippen LogP contribution in [0.15, 0.2) is 0 Å². The van der Waals surface area contributed by atoms with Crippen molar-refractivity contribution >= 4 is 13.6 Å². The molecule has 3 N–H and O–H groups in total. The molecule has 15 heavy (non-hydrogen) atoms. The Bertz CT molecular complexity index is 266. The van der Waals surface area contributed by atoms with E-state index in [2.05, 4.69) is 0 Å². The summed E-state index contributed by atoms with van der Waals surface area (Å²) >= 11 is 0. The molecule has 0 amide bonds. The van der Waals surface area contributed by atoms with E-state index in [0.717, 1.165) is 0 Å². The van der Waals surface area contributed by atoms with E-state index in [1.165, 1.54) is 0 Å². The predicted molar refractivity (Wildman–Crippen MR) is 56.7 cm³/mol. The van der Waals surface area contributed by atoms with Gasteiger partial charge in [-0.3, -0.25) is 9.36 Å². The summed E-state index contributed by atoms with van der Waals surface area (Å²) < 4.78 is 10.8. The Balaban J connectivity index is 4.93. The molecule has 0 rings (SSSR count). The van der Waals surface area contributed by atoms with Gasteiger partial charge in [0, 0.05) is 0 Å². The van der Waals surface area contributed by atoms with Gasteiger partial charge in [-0.25, -0.2) is 0 Å². The van der Waals surface area contributed by atoms with E-state index in [0.29, 0.717) is 12.8 Å². The van der Waals surface area contributed by atoms with Gasteiger partial charge in [-0.05, 0) is 18.8 Å². The van der Waals surface area contributed by atoms with E-state index in [9.17, 15) is 9.36 Å². The van der Waals surface area contributed by atoms with E-state index in [-0.39, 0.29) is 6.16 Å². The van der Waals surface area contributed by atoms with Gasteiger partial charge < -0.3 is 14.9 Å². The lowest BCUT2D eigenvalue weighted by atomic mass is 9.73. The number of aliphatic carboxylic acids is 1.